The molecule has 0 fully saturated rings. The number of rotatable bonds is 2. The maximum absolute atomic E-state index is 13.7. The van der Waals surface area contributed by atoms with Gasteiger partial charge in [-0.15, -0.1) is 0 Å². The molecule has 0 aliphatic carbocycles. The van der Waals surface area contributed by atoms with Crippen molar-refractivity contribution in [2.45, 2.75) is 0 Å². The number of nitriles is 1. The Balaban J connectivity index is 2.46. The van der Waals surface area contributed by atoms with E-state index >= 15 is 0 Å². The number of hydrogen-bond acceptors (Lipinski definition) is 2. The van der Waals surface area contributed by atoms with Crippen LogP contribution in [0.1, 0.15) is 5.56 Å². The molecule has 0 radical (unpaired) electrons. The van der Waals surface area contributed by atoms with E-state index < -0.39 is 17.4 Å². The summed E-state index contributed by atoms with van der Waals surface area (Å²) in [6, 6.07) is 5.86. The lowest BCUT2D eigenvalue weighted by Crippen LogP contribution is -1.95. The van der Waals surface area contributed by atoms with Crippen molar-refractivity contribution in [3.8, 4) is 17.6 Å². The van der Waals surface area contributed by atoms with Crippen LogP contribution < -0.4 is 4.74 Å². The fraction of sp³-hybridized carbons (Fsp3) is 0. The molecule has 2 aromatic rings. The van der Waals surface area contributed by atoms with E-state index in [0.29, 0.717) is 0 Å². The van der Waals surface area contributed by atoms with Gasteiger partial charge < -0.3 is 4.74 Å². The van der Waals surface area contributed by atoms with Gasteiger partial charge in [-0.2, -0.15) is 5.26 Å². The van der Waals surface area contributed by atoms with Gasteiger partial charge in [0.25, 0.3) is 0 Å². The number of benzene rings is 2. The van der Waals surface area contributed by atoms with Crippen molar-refractivity contribution >= 4 is 34.8 Å². The van der Waals surface area contributed by atoms with Gasteiger partial charge in [0.05, 0.1) is 26.7 Å². The Morgan fingerprint density at radius 1 is 0.900 bits per heavy atom. The minimum atomic E-state index is -1.02. The Morgan fingerprint density at radius 2 is 1.45 bits per heavy atom. The molecule has 0 unspecified atom stereocenters. The van der Waals surface area contributed by atoms with Crippen LogP contribution in [0.5, 0.6) is 11.5 Å². The van der Waals surface area contributed by atoms with Crippen LogP contribution in [0.4, 0.5) is 8.78 Å². The zero-order valence-electron chi connectivity index (χ0n) is 9.55. The molecule has 0 N–H and O–H groups in total. The highest BCUT2D eigenvalue weighted by Gasteiger charge is 2.16. The molecule has 0 spiro atoms. The number of hydrogen-bond donors (Lipinski definition) is 0. The van der Waals surface area contributed by atoms with Crippen molar-refractivity contribution in [1.82, 2.24) is 0 Å². The standard InChI is InChI=1S/C13H4Cl3F2NO/c14-7-3-9(16)12(4-8(7)15)20-13-10(17)1-6(5-19)2-11(13)18/h1-4H. The van der Waals surface area contributed by atoms with Gasteiger partial charge >= 0.3 is 0 Å². The SMILES string of the molecule is N#Cc1cc(F)c(Oc2cc(Cl)c(Cl)cc2Cl)c(F)c1. The van der Waals surface area contributed by atoms with Gasteiger partial charge in [0.1, 0.15) is 5.75 Å². The molecule has 0 aromatic heterocycles. The third-order valence-corrected chi connectivity index (χ3v) is 3.33. The van der Waals surface area contributed by atoms with E-state index in [9.17, 15) is 8.78 Å². The first kappa shape index (κ1) is 14.9. The molecule has 0 aliphatic rings. The van der Waals surface area contributed by atoms with E-state index in [4.69, 9.17) is 44.8 Å². The van der Waals surface area contributed by atoms with E-state index in [2.05, 4.69) is 0 Å². The van der Waals surface area contributed by atoms with E-state index in [1.54, 1.807) is 6.07 Å². The zero-order valence-corrected chi connectivity index (χ0v) is 11.8. The van der Waals surface area contributed by atoms with Gasteiger partial charge in [0, 0.05) is 6.07 Å². The van der Waals surface area contributed by atoms with Crippen molar-refractivity contribution < 1.29 is 13.5 Å². The molecule has 0 amide bonds. The maximum atomic E-state index is 13.7. The Bertz CT molecular complexity index is 705. The second-order valence-electron chi connectivity index (χ2n) is 3.68. The fourth-order valence-corrected chi connectivity index (χ4v) is 1.99. The summed E-state index contributed by atoms with van der Waals surface area (Å²) in [5.74, 6) is -2.78. The molecule has 20 heavy (non-hydrogen) atoms. The largest absolute Gasteiger partial charge is 0.450 e. The van der Waals surface area contributed by atoms with Crippen LogP contribution in [0.25, 0.3) is 0 Å². The van der Waals surface area contributed by atoms with Crippen LogP contribution in [0.3, 0.4) is 0 Å². The Morgan fingerprint density at radius 3 is 2.00 bits per heavy atom. The molecule has 0 atom stereocenters. The van der Waals surface area contributed by atoms with Crippen molar-refractivity contribution in [3.63, 3.8) is 0 Å². The first-order chi connectivity index (χ1) is 9.42. The summed E-state index contributed by atoms with van der Waals surface area (Å²) in [7, 11) is 0. The lowest BCUT2D eigenvalue weighted by Gasteiger charge is -2.10. The van der Waals surface area contributed by atoms with Gasteiger partial charge in [0.15, 0.2) is 17.4 Å². The van der Waals surface area contributed by atoms with E-state index in [0.717, 1.165) is 12.1 Å². The summed E-state index contributed by atoms with van der Waals surface area (Å²) >= 11 is 17.4. The topological polar surface area (TPSA) is 33.0 Å². The van der Waals surface area contributed by atoms with Gasteiger partial charge in [-0.25, -0.2) is 8.78 Å². The van der Waals surface area contributed by atoms with Crippen molar-refractivity contribution in [3.05, 3.63) is 56.5 Å². The van der Waals surface area contributed by atoms with E-state index in [1.807, 2.05) is 0 Å². The summed E-state index contributed by atoms with van der Waals surface area (Å²) in [6.45, 7) is 0. The summed E-state index contributed by atoms with van der Waals surface area (Å²) in [4.78, 5) is 0. The van der Waals surface area contributed by atoms with Crippen LogP contribution in [0.2, 0.25) is 15.1 Å². The van der Waals surface area contributed by atoms with Crippen molar-refractivity contribution in [2.24, 2.45) is 0 Å². The predicted molar refractivity (Wildman–Crippen MR) is 72.6 cm³/mol. The molecule has 7 heteroatoms. The van der Waals surface area contributed by atoms with Crippen molar-refractivity contribution in [2.75, 3.05) is 0 Å². The van der Waals surface area contributed by atoms with E-state index in [1.165, 1.54) is 12.1 Å². The molecule has 0 bridgehead atoms. The van der Waals surface area contributed by atoms with Gasteiger partial charge in [0.2, 0.25) is 0 Å². The normalized spacial score (nSPS) is 10.2. The predicted octanol–water partition coefficient (Wildman–Crippen LogP) is 5.59. The third-order valence-electron chi connectivity index (χ3n) is 2.31. The molecule has 0 heterocycles. The maximum Gasteiger partial charge on any atom is 0.198 e. The second kappa shape index (κ2) is 5.84. The summed E-state index contributed by atoms with van der Waals surface area (Å²) < 4.78 is 32.4. The van der Waals surface area contributed by atoms with Crippen molar-refractivity contribution in [1.29, 1.82) is 5.26 Å². The van der Waals surface area contributed by atoms with Crippen LogP contribution in [-0.2, 0) is 0 Å². The molecular weight excluding hydrogens is 331 g/mol. The van der Waals surface area contributed by atoms with Crippen LogP contribution in [0.15, 0.2) is 24.3 Å². The lowest BCUT2D eigenvalue weighted by molar-refractivity contribution is 0.407. The monoisotopic (exact) mass is 333 g/mol. The minimum Gasteiger partial charge on any atom is -0.450 e. The fourth-order valence-electron chi connectivity index (χ4n) is 1.41. The Labute approximate surface area is 128 Å². The summed E-state index contributed by atoms with van der Waals surface area (Å²) in [5, 5.41) is 8.96. The minimum absolute atomic E-state index is 0.0440. The Hall–Kier alpha value is -1.54. The number of halogens is 5. The first-order valence-corrected chi connectivity index (χ1v) is 6.27. The molecule has 2 rings (SSSR count). The smallest absolute Gasteiger partial charge is 0.198 e. The zero-order chi connectivity index (χ0) is 14.9. The molecule has 2 nitrogen and oxygen atoms in total. The highest BCUT2D eigenvalue weighted by Crippen LogP contribution is 2.37. The number of ether oxygens (including phenoxy) is 1. The van der Waals surface area contributed by atoms with Crippen LogP contribution in [0, 0.1) is 23.0 Å². The average molecular weight is 335 g/mol. The lowest BCUT2D eigenvalue weighted by atomic mass is 10.2. The molecule has 0 aliphatic heterocycles. The third kappa shape index (κ3) is 2.96. The summed E-state index contributed by atoms with van der Waals surface area (Å²) in [5.41, 5.74) is -0.160. The van der Waals surface area contributed by atoms with Crippen LogP contribution >= 0.6 is 34.8 Å². The molecule has 102 valence electrons. The Kier molecular flexibility index (Phi) is 4.34. The van der Waals surface area contributed by atoms with Crippen LogP contribution in [-0.4, -0.2) is 0 Å². The summed E-state index contributed by atoms with van der Waals surface area (Å²) in [6.07, 6.45) is 0. The average Bonchev–Trinajstić information content (AvgIpc) is 2.39. The van der Waals surface area contributed by atoms with Gasteiger partial charge in [-0.3, -0.25) is 0 Å². The molecule has 0 saturated carbocycles. The second-order valence-corrected chi connectivity index (χ2v) is 4.90. The molecule has 0 saturated heterocycles. The first-order valence-electron chi connectivity index (χ1n) is 5.14. The molecule has 2 aromatic carbocycles. The highest BCUT2D eigenvalue weighted by molar-refractivity contribution is 6.43. The van der Waals surface area contributed by atoms with E-state index in [-0.39, 0.29) is 26.4 Å². The van der Waals surface area contributed by atoms with Gasteiger partial charge in [-0.1, -0.05) is 34.8 Å². The van der Waals surface area contributed by atoms with Gasteiger partial charge in [-0.05, 0) is 18.2 Å². The molecular formula is C13H4Cl3F2NO. The highest BCUT2D eigenvalue weighted by atomic mass is 35.5. The number of nitrogens with zero attached hydrogens (tertiary/aromatic N) is 1. The quantitative estimate of drug-likeness (QED) is 0.671.